The van der Waals surface area contributed by atoms with Gasteiger partial charge in [-0.15, -0.1) is 0 Å². The molecule has 0 bridgehead atoms. The lowest BCUT2D eigenvalue weighted by Gasteiger charge is -2.36. The van der Waals surface area contributed by atoms with Crippen molar-refractivity contribution in [3.63, 3.8) is 0 Å². The molecule has 0 amide bonds. The molecule has 0 saturated heterocycles. The summed E-state index contributed by atoms with van der Waals surface area (Å²) in [5.74, 6) is -0.0256. The number of esters is 1. The van der Waals surface area contributed by atoms with Crippen LogP contribution >= 0.6 is 0 Å². The predicted octanol–water partition coefficient (Wildman–Crippen LogP) is 5.42. The maximum absolute atomic E-state index is 12.6. The van der Waals surface area contributed by atoms with Gasteiger partial charge in [0.15, 0.2) is 0 Å². The first-order chi connectivity index (χ1) is 9.52. The van der Waals surface area contributed by atoms with Crippen LogP contribution in [0.15, 0.2) is 12.7 Å². The highest BCUT2D eigenvalue weighted by atomic mass is 16.6. The van der Waals surface area contributed by atoms with E-state index in [2.05, 4.69) is 20.4 Å². The predicted molar refractivity (Wildman–Crippen MR) is 84.6 cm³/mol. The van der Waals surface area contributed by atoms with E-state index in [4.69, 9.17) is 4.74 Å². The van der Waals surface area contributed by atoms with Crippen LogP contribution in [-0.4, -0.2) is 11.6 Å². The van der Waals surface area contributed by atoms with E-state index >= 15 is 0 Å². The summed E-state index contributed by atoms with van der Waals surface area (Å²) in [7, 11) is 0. The van der Waals surface area contributed by atoms with Crippen molar-refractivity contribution < 1.29 is 9.53 Å². The molecule has 0 spiro atoms. The second kappa shape index (κ2) is 7.85. The Morgan fingerprint density at radius 1 is 1.20 bits per heavy atom. The Labute approximate surface area is 125 Å². The number of carbonyl (C=O) groups is 1. The molecule has 0 aromatic rings. The zero-order chi connectivity index (χ0) is 15.1. The molecule has 0 aromatic carbocycles. The fraction of sp³-hybridized carbons (Fsp3) is 0.833. The Kier molecular flexibility index (Phi) is 6.78. The molecule has 0 radical (unpaired) electrons. The van der Waals surface area contributed by atoms with E-state index in [-0.39, 0.29) is 11.4 Å². The minimum absolute atomic E-state index is 0.0256. The zero-order valence-electron chi connectivity index (χ0n) is 13.7. The van der Waals surface area contributed by atoms with E-state index in [0.29, 0.717) is 0 Å². The number of ether oxygens (including phenoxy) is 1. The van der Waals surface area contributed by atoms with E-state index in [1.54, 1.807) is 0 Å². The summed E-state index contributed by atoms with van der Waals surface area (Å²) in [6.07, 6.45) is 12.6. The molecule has 2 heteroatoms. The van der Waals surface area contributed by atoms with Crippen LogP contribution in [0.3, 0.4) is 0 Å². The molecule has 1 aliphatic carbocycles. The van der Waals surface area contributed by atoms with Gasteiger partial charge in [0.05, 0.1) is 5.41 Å². The normalized spacial score (nSPS) is 22.1. The van der Waals surface area contributed by atoms with E-state index in [1.165, 1.54) is 19.3 Å². The van der Waals surface area contributed by atoms with E-state index in [0.717, 1.165) is 44.9 Å². The maximum Gasteiger partial charge on any atom is 0.312 e. The van der Waals surface area contributed by atoms with Crippen molar-refractivity contribution in [2.75, 3.05) is 0 Å². The van der Waals surface area contributed by atoms with Crippen LogP contribution in [0.4, 0.5) is 0 Å². The summed E-state index contributed by atoms with van der Waals surface area (Å²) in [5.41, 5.74) is -0.755. The van der Waals surface area contributed by atoms with Gasteiger partial charge in [-0.05, 0) is 51.5 Å². The average Bonchev–Trinajstić information content (AvgIpc) is 2.42. The quantitative estimate of drug-likeness (QED) is 0.480. The van der Waals surface area contributed by atoms with Crippen molar-refractivity contribution in [3.8, 4) is 0 Å². The number of hydrogen-bond donors (Lipinski definition) is 0. The highest BCUT2D eigenvalue weighted by Crippen LogP contribution is 2.36. The van der Waals surface area contributed by atoms with Crippen LogP contribution in [0.25, 0.3) is 0 Å². The number of carbonyl (C=O) groups excluding carboxylic acids is 1. The van der Waals surface area contributed by atoms with Gasteiger partial charge in [-0.2, -0.15) is 0 Å². The molecule has 1 aliphatic rings. The Hall–Kier alpha value is -0.790. The van der Waals surface area contributed by atoms with Crippen LogP contribution in [0.1, 0.15) is 85.0 Å². The fourth-order valence-corrected chi connectivity index (χ4v) is 3.13. The SMILES string of the molecule is C=CC1(OC(=O)C(C)(CC)CCC)CCCCCCC1. The first kappa shape index (κ1) is 17.3. The summed E-state index contributed by atoms with van der Waals surface area (Å²) >= 11 is 0. The molecule has 0 aliphatic heterocycles. The molecule has 20 heavy (non-hydrogen) atoms. The monoisotopic (exact) mass is 280 g/mol. The lowest BCUT2D eigenvalue weighted by atomic mass is 9.82. The smallest absolute Gasteiger partial charge is 0.312 e. The molecular formula is C18H32O2. The van der Waals surface area contributed by atoms with Crippen LogP contribution in [0.5, 0.6) is 0 Å². The highest BCUT2D eigenvalue weighted by Gasteiger charge is 2.38. The second-order valence-corrected chi connectivity index (χ2v) is 6.59. The number of rotatable bonds is 6. The van der Waals surface area contributed by atoms with Crippen molar-refractivity contribution in [1.29, 1.82) is 0 Å². The topological polar surface area (TPSA) is 26.3 Å². The largest absolute Gasteiger partial charge is 0.454 e. The summed E-state index contributed by atoms with van der Waals surface area (Å²) in [6, 6.07) is 0. The van der Waals surface area contributed by atoms with Gasteiger partial charge in [0.2, 0.25) is 0 Å². The minimum Gasteiger partial charge on any atom is -0.454 e. The summed E-state index contributed by atoms with van der Waals surface area (Å²) in [6.45, 7) is 10.2. The third-order valence-electron chi connectivity index (χ3n) is 4.94. The molecule has 116 valence electrons. The summed E-state index contributed by atoms with van der Waals surface area (Å²) < 4.78 is 6.02. The summed E-state index contributed by atoms with van der Waals surface area (Å²) in [5, 5.41) is 0. The molecule has 1 rings (SSSR count). The molecule has 1 fully saturated rings. The Morgan fingerprint density at radius 3 is 2.20 bits per heavy atom. The number of hydrogen-bond acceptors (Lipinski definition) is 2. The lowest BCUT2D eigenvalue weighted by Crippen LogP contribution is -2.40. The minimum atomic E-state index is -0.415. The van der Waals surface area contributed by atoms with Crippen LogP contribution < -0.4 is 0 Å². The molecule has 0 aromatic heterocycles. The Balaban J connectivity index is 2.79. The van der Waals surface area contributed by atoms with Crippen molar-refractivity contribution in [3.05, 3.63) is 12.7 Å². The van der Waals surface area contributed by atoms with Crippen LogP contribution in [-0.2, 0) is 9.53 Å². The molecule has 2 nitrogen and oxygen atoms in total. The van der Waals surface area contributed by atoms with E-state index in [9.17, 15) is 4.79 Å². The van der Waals surface area contributed by atoms with Gasteiger partial charge in [0, 0.05) is 0 Å². The van der Waals surface area contributed by atoms with E-state index < -0.39 is 5.60 Å². The Morgan fingerprint density at radius 2 is 1.75 bits per heavy atom. The van der Waals surface area contributed by atoms with Crippen molar-refractivity contribution in [2.45, 2.75) is 90.6 Å². The third kappa shape index (κ3) is 4.36. The van der Waals surface area contributed by atoms with Crippen molar-refractivity contribution >= 4 is 5.97 Å². The van der Waals surface area contributed by atoms with E-state index in [1.807, 2.05) is 13.0 Å². The van der Waals surface area contributed by atoms with Gasteiger partial charge < -0.3 is 4.74 Å². The summed E-state index contributed by atoms with van der Waals surface area (Å²) in [4.78, 5) is 12.6. The van der Waals surface area contributed by atoms with Gasteiger partial charge in [-0.25, -0.2) is 0 Å². The lowest BCUT2D eigenvalue weighted by molar-refractivity contribution is -0.169. The van der Waals surface area contributed by atoms with Gasteiger partial charge >= 0.3 is 5.97 Å². The standard InChI is InChI=1S/C18H32O2/c1-5-13-17(4,6-2)16(19)20-18(7-3)14-11-9-8-10-12-15-18/h7H,3,5-6,8-15H2,1-2,4H3. The second-order valence-electron chi connectivity index (χ2n) is 6.59. The average molecular weight is 280 g/mol. The van der Waals surface area contributed by atoms with Crippen molar-refractivity contribution in [2.24, 2.45) is 5.41 Å². The van der Waals surface area contributed by atoms with Gasteiger partial charge in [-0.3, -0.25) is 4.79 Å². The molecule has 1 atom stereocenters. The fourth-order valence-electron chi connectivity index (χ4n) is 3.13. The highest BCUT2D eigenvalue weighted by molar-refractivity contribution is 5.77. The van der Waals surface area contributed by atoms with Crippen LogP contribution in [0, 0.1) is 5.41 Å². The van der Waals surface area contributed by atoms with Gasteiger partial charge in [0.1, 0.15) is 5.60 Å². The van der Waals surface area contributed by atoms with Gasteiger partial charge in [0.25, 0.3) is 0 Å². The molecule has 0 heterocycles. The zero-order valence-corrected chi connectivity index (χ0v) is 13.7. The Bertz CT molecular complexity index is 313. The van der Waals surface area contributed by atoms with Gasteiger partial charge in [-0.1, -0.05) is 46.1 Å². The first-order valence-electron chi connectivity index (χ1n) is 8.39. The molecule has 1 saturated carbocycles. The van der Waals surface area contributed by atoms with Crippen LogP contribution in [0.2, 0.25) is 0 Å². The molecule has 0 N–H and O–H groups in total. The third-order valence-corrected chi connectivity index (χ3v) is 4.94. The van der Waals surface area contributed by atoms with Crippen molar-refractivity contribution in [1.82, 2.24) is 0 Å². The maximum atomic E-state index is 12.6. The molecular weight excluding hydrogens is 248 g/mol. The molecule has 1 unspecified atom stereocenters. The first-order valence-corrected chi connectivity index (χ1v) is 8.39.